The van der Waals surface area contributed by atoms with Crippen LogP contribution in [-0.2, 0) is 4.79 Å². The SMILES string of the molecule is CN(C)C(C)(C)C(=O)NC1CCC1. The second-order valence-electron chi connectivity index (χ2n) is 4.55. The molecule has 0 aromatic rings. The summed E-state index contributed by atoms with van der Waals surface area (Å²) in [6.07, 6.45) is 3.55. The topological polar surface area (TPSA) is 32.3 Å². The molecule has 0 saturated heterocycles. The zero-order valence-electron chi connectivity index (χ0n) is 9.05. The van der Waals surface area contributed by atoms with Crippen molar-refractivity contribution < 1.29 is 4.79 Å². The van der Waals surface area contributed by atoms with Gasteiger partial charge in [-0.2, -0.15) is 0 Å². The Labute approximate surface area is 80.5 Å². The van der Waals surface area contributed by atoms with Crippen LogP contribution in [0, 0.1) is 0 Å². The van der Waals surface area contributed by atoms with Gasteiger partial charge in [-0.3, -0.25) is 9.69 Å². The van der Waals surface area contributed by atoms with Crippen LogP contribution in [0.2, 0.25) is 0 Å². The second-order valence-corrected chi connectivity index (χ2v) is 4.55. The smallest absolute Gasteiger partial charge is 0.240 e. The molecule has 76 valence electrons. The monoisotopic (exact) mass is 184 g/mol. The quantitative estimate of drug-likeness (QED) is 0.709. The van der Waals surface area contributed by atoms with Crippen LogP contribution in [-0.4, -0.2) is 36.5 Å². The number of carbonyl (C=O) groups excluding carboxylic acids is 1. The van der Waals surface area contributed by atoms with Crippen molar-refractivity contribution in [3.05, 3.63) is 0 Å². The summed E-state index contributed by atoms with van der Waals surface area (Å²) in [6.45, 7) is 3.89. The molecule has 0 spiro atoms. The predicted molar refractivity (Wildman–Crippen MR) is 53.5 cm³/mol. The van der Waals surface area contributed by atoms with Gasteiger partial charge in [-0.15, -0.1) is 0 Å². The summed E-state index contributed by atoms with van der Waals surface area (Å²) in [4.78, 5) is 13.7. The Morgan fingerprint density at radius 2 is 1.92 bits per heavy atom. The minimum atomic E-state index is -0.393. The van der Waals surface area contributed by atoms with E-state index in [1.54, 1.807) is 0 Å². The van der Waals surface area contributed by atoms with Crippen LogP contribution in [0.3, 0.4) is 0 Å². The molecule has 13 heavy (non-hydrogen) atoms. The first kappa shape index (κ1) is 10.5. The lowest BCUT2D eigenvalue weighted by Crippen LogP contribution is -2.55. The highest BCUT2D eigenvalue weighted by Crippen LogP contribution is 2.20. The van der Waals surface area contributed by atoms with Crippen molar-refractivity contribution in [2.45, 2.75) is 44.7 Å². The molecule has 3 nitrogen and oxygen atoms in total. The first-order valence-corrected chi connectivity index (χ1v) is 4.93. The van der Waals surface area contributed by atoms with Gasteiger partial charge in [0.05, 0.1) is 5.54 Å². The second kappa shape index (κ2) is 3.66. The molecule has 3 heteroatoms. The Bertz CT molecular complexity index is 195. The first-order valence-electron chi connectivity index (χ1n) is 4.93. The minimum Gasteiger partial charge on any atom is -0.352 e. The molecule has 1 amide bonds. The number of carbonyl (C=O) groups is 1. The Hall–Kier alpha value is -0.570. The molecule has 0 aromatic carbocycles. The van der Waals surface area contributed by atoms with E-state index in [0.29, 0.717) is 6.04 Å². The van der Waals surface area contributed by atoms with Gasteiger partial charge in [0.15, 0.2) is 0 Å². The molecular weight excluding hydrogens is 164 g/mol. The van der Waals surface area contributed by atoms with Crippen LogP contribution in [0.15, 0.2) is 0 Å². The summed E-state index contributed by atoms with van der Waals surface area (Å²) in [6, 6.07) is 0.437. The van der Waals surface area contributed by atoms with Crippen LogP contribution in [0.25, 0.3) is 0 Å². The average Bonchev–Trinajstić information content (AvgIpc) is 1.95. The summed E-state index contributed by atoms with van der Waals surface area (Å²) in [7, 11) is 3.86. The summed E-state index contributed by atoms with van der Waals surface area (Å²) in [5.41, 5.74) is -0.393. The summed E-state index contributed by atoms with van der Waals surface area (Å²) in [5.74, 6) is 0.141. The van der Waals surface area contributed by atoms with Gasteiger partial charge in [-0.05, 0) is 47.2 Å². The fourth-order valence-electron chi connectivity index (χ4n) is 1.12. The Balaban J connectivity index is 2.45. The van der Waals surface area contributed by atoms with Crippen LogP contribution < -0.4 is 5.32 Å². The molecule has 0 radical (unpaired) electrons. The minimum absolute atomic E-state index is 0.141. The third-order valence-corrected chi connectivity index (χ3v) is 3.11. The number of nitrogens with zero attached hydrogens (tertiary/aromatic N) is 1. The number of likely N-dealkylation sites (N-methyl/N-ethyl adjacent to an activating group) is 1. The molecule has 1 aliphatic carbocycles. The van der Waals surface area contributed by atoms with Crippen LogP contribution in [0.5, 0.6) is 0 Å². The normalized spacial score (nSPS) is 18.5. The zero-order chi connectivity index (χ0) is 10.1. The van der Waals surface area contributed by atoms with E-state index < -0.39 is 5.54 Å². The maximum atomic E-state index is 11.8. The van der Waals surface area contributed by atoms with Crippen LogP contribution in [0.4, 0.5) is 0 Å². The maximum absolute atomic E-state index is 11.8. The van der Waals surface area contributed by atoms with Gasteiger partial charge in [0.25, 0.3) is 0 Å². The van der Waals surface area contributed by atoms with E-state index in [2.05, 4.69) is 5.32 Å². The first-order chi connectivity index (χ1) is 5.94. The molecular formula is C10H20N2O. The molecule has 0 aromatic heterocycles. The Morgan fingerprint density at radius 1 is 1.38 bits per heavy atom. The summed E-state index contributed by atoms with van der Waals surface area (Å²) in [5, 5.41) is 3.06. The highest BCUT2D eigenvalue weighted by Gasteiger charge is 2.32. The molecule has 1 fully saturated rings. The molecule has 1 rings (SSSR count). The Kier molecular flexibility index (Phi) is 2.96. The number of nitrogens with one attached hydrogen (secondary N) is 1. The van der Waals surface area contributed by atoms with E-state index >= 15 is 0 Å². The average molecular weight is 184 g/mol. The van der Waals surface area contributed by atoms with Gasteiger partial charge in [-0.25, -0.2) is 0 Å². The van der Waals surface area contributed by atoms with Gasteiger partial charge in [-0.1, -0.05) is 0 Å². The lowest BCUT2D eigenvalue weighted by atomic mass is 9.91. The van der Waals surface area contributed by atoms with Gasteiger partial charge in [0.2, 0.25) is 5.91 Å². The van der Waals surface area contributed by atoms with E-state index in [1.165, 1.54) is 6.42 Å². The van der Waals surface area contributed by atoms with E-state index in [9.17, 15) is 4.79 Å². The fourth-order valence-corrected chi connectivity index (χ4v) is 1.12. The lowest BCUT2D eigenvalue weighted by Gasteiger charge is -2.35. The molecule has 0 aliphatic heterocycles. The van der Waals surface area contributed by atoms with E-state index in [1.807, 2.05) is 32.8 Å². The van der Waals surface area contributed by atoms with Crippen LogP contribution >= 0.6 is 0 Å². The van der Waals surface area contributed by atoms with E-state index in [4.69, 9.17) is 0 Å². The molecule has 1 aliphatic rings. The van der Waals surface area contributed by atoms with Crippen molar-refractivity contribution >= 4 is 5.91 Å². The largest absolute Gasteiger partial charge is 0.352 e. The van der Waals surface area contributed by atoms with Crippen molar-refractivity contribution in [2.24, 2.45) is 0 Å². The lowest BCUT2D eigenvalue weighted by molar-refractivity contribution is -0.131. The van der Waals surface area contributed by atoms with Crippen LogP contribution in [0.1, 0.15) is 33.1 Å². The number of hydrogen-bond donors (Lipinski definition) is 1. The highest BCUT2D eigenvalue weighted by atomic mass is 16.2. The number of hydrogen-bond acceptors (Lipinski definition) is 2. The molecule has 1 N–H and O–H groups in total. The predicted octanol–water partition coefficient (Wildman–Crippen LogP) is 0.995. The zero-order valence-corrected chi connectivity index (χ0v) is 9.05. The van der Waals surface area contributed by atoms with E-state index in [0.717, 1.165) is 12.8 Å². The van der Waals surface area contributed by atoms with Gasteiger partial charge in [0, 0.05) is 6.04 Å². The molecule has 0 bridgehead atoms. The molecule has 0 heterocycles. The van der Waals surface area contributed by atoms with Crippen molar-refractivity contribution in [3.63, 3.8) is 0 Å². The highest BCUT2D eigenvalue weighted by molar-refractivity contribution is 5.85. The van der Waals surface area contributed by atoms with Gasteiger partial charge >= 0.3 is 0 Å². The molecule has 0 atom stereocenters. The van der Waals surface area contributed by atoms with Crippen molar-refractivity contribution in [3.8, 4) is 0 Å². The fraction of sp³-hybridized carbons (Fsp3) is 0.900. The number of rotatable bonds is 3. The molecule has 1 saturated carbocycles. The maximum Gasteiger partial charge on any atom is 0.240 e. The third kappa shape index (κ3) is 2.21. The summed E-state index contributed by atoms with van der Waals surface area (Å²) < 4.78 is 0. The third-order valence-electron chi connectivity index (χ3n) is 3.11. The van der Waals surface area contributed by atoms with Crippen molar-refractivity contribution in [1.82, 2.24) is 10.2 Å². The van der Waals surface area contributed by atoms with Crippen molar-refractivity contribution in [2.75, 3.05) is 14.1 Å². The number of amides is 1. The summed E-state index contributed by atoms with van der Waals surface area (Å²) >= 11 is 0. The standard InChI is InChI=1S/C10H20N2O/c1-10(2,12(3)4)9(13)11-8-6-5-7-8/h8H,5-7H2,1-4H3,(H,11,13). The van der Waals surface area contributed by atoms with E-state index in [-0.39, 0.29) is 5.91 Å². The van der Waals surface area contributed by atoms with Gasteiger partial charge in [0.1, 0.15) is 0 Å². The van der Waals surface area contributed by atoms with Crippen molar-refractivity contribution in [1.29, 1.82) is 0 Å². The van der Waals surface area contributed by atoms with Gasteiger partial charge < -0.3 is 5.32 Å². The Morgan fingerprint density at radius 3 is 2.23 bits per heavy atom. The molecule has 0 unspecified atom stereocenters.